The molecule has 0 bridgehead atoms. The fraction of sp³-hybridized carbons (Fsp3) is 0.333. The standard InChI is InChI=1S/C9H9N5/c1-14(6-2-4-10)9-8(7-11)3-5-12-13-9/h3,5H,2,6H2,1H3. The monoisotopic (exact) mass is 187 g/mol. The molecule has 0 aromatic carbocycles. The van der Waals surface area contributed by atoms with Crippen LogP contribution in [0.15, 0.2) is 12.3 Å². The van der Waals surface area contributed by atoms with Crippen LogP contribution in [-0.2, 0) is 0 Å². The summed E-state index contributed by atoms with van der Waals surface area (Å²) in [7, 11) is 1.78. The van der Waals surface area contributed by atoms with Gasteiger partial charge < -0.3 is 4.90 Å². The average Bonchev–Trinajstić information content (AvgIpc) is 2.25. The summed E-state index contributed by atoms with van der Waals surface area (Å²) in [5, 5.41) is 24.7. The first-order valence-corrected chi connectivity index (χ1v) is 4.09. The summed E-state index contributed by atoms with van der Waals surface area (Å²) in [6.45, 7) is 0.546. The van der Waals surface area contributed by atoms with Gasteiger partial charge in [-0.15, -0.1) is 5.10 Å². The quantitative estimate of drug-likeness (QED) is 0.696. The fourth-order valence-corrected chi connectivity index (χ4v) is 1.02. The first kappa shape index (κ1) is 9.94. The number of nitriles is 2. The lowest BCUT2D eigenvalue weighted by Crippen LogP contribution is -2.20. The minimum absolute atomic E-state index is 0.401. The van der Waals surface area contributed by atoms with Crippen LogP contribution in [0, 0.1) is 22.7 Å². The lowest BCUT2D eigenvalue weighted by molar-refractivity contribution is 0.856. The second-order valence-electron chi connectivity index (χ2n) is 2.71. The van der Waals surface area contributed by atoms with E-state index in [9.17, 15) is 0 Å². The van der Waals surface area contributed by atoms with Crippen molar-refractivity contribution in [2.45, 2.75) is 6.42 Å². The van der Waals surface area contributed by atoms with E-state index in [-0.39, 0.29) is 0 Å². The molecule has 0 fully saturated rings. The Hall–Kier alpha value is -2.14. The lowest BCUT2D eigenvalue weighted by Gasteiger charge is -2.16. The smallest absolute Gasteiger partial charge is 0.168 e. The Bertz CT molecular complexity index is 387. The van der Waals surface area contributed by atoms with Gasteiger partial charge in [0.05, 0.1) is 24.3 Å². The van der Waals surface area contributed by atoms with Crippen LogP contribution < -0.4 is 4.90 Å². The fourth-order valence-electron chi connectivity index (χ4n) is 1.02. The van der Waals surface area contributed by atoms with E-state index < -0.39 is 0 Å². The van der Waals surface area contributed by atoms with Crippen molar-refractivity contribution in [1.29, 1.82) is 10.5 Å². The second kappa shape index (κ2) is 4.78. The molecular formula is C9H9N5. The molecule has 70 valence electrons. The number of aromatic nitrogens is 2. The molecule has 0 atom stereocenters. The van der Waals surface area contributed by atoms with Crippen molar-refractivity contribution in [2.24, 2.45) is 0 Å². The molecule has 0 spiro atoms. The molecule has 1 aromatic rings. The first-order valence-electron chi connectivity index (χ1n) is 4.09. The third-order valence-electron chi connectivity index (χ3n) is 1.74. The molecule has 0 aliphatic carbocycles. The number of anilines is 1. The molecule has 0 saturated carbocycles. The Morgan fingerprint density at radius 2 is 2.29 bits per heavy atom. The summed E-state index contributed by atoms with van der Waals surface area (Å²) in [5.74, 6) is 0.519. The van der Waals surface area contributed by atoms with Crippen molar-refractivity contribution in [3.8, 4) is 12.1 Å². The predicted octanol–water partition coefficient (Wildman–Crippen LogP) is 0.698. The predicted molar refractivity (Wildman–Crippen MR) is 50.2 cm³/mol. The van der Waals surface area contributed by atoms with Crippen molar-refractivity contribution in [2.75, 3.05) is 18.5 Å². The van der Waals surface area contributed by atoms with E-state index in [1.54, 1.807) is 18.0 Å². The van der Waals surface area contributed by atoms with Crippen LogP contribution in [0.4, 0.5) is 5.82 Å². The highest BCUT2D eigenvalue weighted by Gasteiger charge is 2.07. The average molecular weight is 187 g/mol. The Labute approximate surface area is 82.2 Å². The van der Waals surface area contributed by atoms with Crippen molar-refractivity contribution < 1.29 is 0 Å². The molecule has 5 heteroatoms. The zero-order valence-electron chi connectivity index (χ0n) is 7.80. The van der Waals surface area contributed by atoms with E-state index in [0.29, 0.717) is 24.3 Å². The summed E-state index contributed by atoms with van der Waals surface area (Å²) in [4.78, 5) is 1.74. The van der Waals surface area contributed by atoms with Crippen LogP contribution in [0.1, 0.15) is 12.0 Å². The van der Waals surface area contributed by atoms with E-state index in [2.05, 4.69) is 10.2 Å². The molecule has 0 aliphatic heterocycles. The second-order valence-corrected chi connectivity index (χ2v) is 2.71. The number of nitrogens with zero attached hydrogens (tertiary/aromatic N) is 5. The first-order chi connectivity index (χ1) is 6.79. The molecule has 14 heavy (non-hydrogen) atoms. The maximum Gasteiger partial charge on any atom is 0.168 e. The number of hydrogen-bond acceptors (Lipinski definition) is 5. The Morgan fingerprint density at radius 3 is 2.93 bits per heavy atom. The van der Waals surface area contributed by atoms with E-state index >= 15 is 0 Å². The minimum atomic E-state index is 0.401. The summed E-state index contributed by atoms with van der Waals surface area (Å²) in [6, 6.07) is 5.66. The van der Waals surface area contributed by atoms with Gasteiger partial charge in [0.25, 0.3) is 0 Å². The number of hydrogen-bond donors (Lipinski definition) is 0. The van der Waals surface area contributed by atoms with Crippen LogP contribution in [0.3, 0.4) is 0 Å². The van der Waals surface area contributed by atoms with E-state index in [1.165, 1.54) is 6.20 Å². The van der Waals surface area contributed by atoms with Gasteiger partial charge in [0, 0.05) is 13.6 Å². The maximum atomic E-state index is 8.78. The maximum absolute atomic E-state index is 8.78. The van der Waals surface area contributed by atoms with Crippen LogP contribution >= 0.6 is 0 Å². The highest BCUT2D eigenvalue weighted by molar-refractivity contribution is 5.51. The van der Waals surface area contributed by atoms with Gasteiger partial charge in [-0.05, 0) is 6.07 Å². The van der Waals surface area contributed by atoms with Gasteiger partial charge in [-0.2, -0.15) is 15.6 Å². The highest BCUT2D eigenvalue weighted by Crippen LogP contribution is 2.12. The molecule has 1 aromatic heterocycles. The molecule has 0 N–H and O–H groups in total. The molecule has 1 rings (SSSR count). The van der Waals surface area contributed by atoms with E-state index in [4.69, 9.17) is 10.5 Å². The van der Waals surface area contributed by atoms with Gasteiger partial charge >= 0.3 is 0 Å². The van der Waals surface area contributed by atoms with Gasteiger partial charge in [-0.1, -0.05) is 0 Å². The minimum Gasteiger partial charge on any atom is -0.356 e. The van der Waals surface area contributed by atoms with Crippen LogP contribution in [-0.4, -0.2) is 23.8 Å². The largest absolute Gasteiger partial charge is 0.356 e. The Morgan fingerprint density at radius 1 is 1.50 bits per heavy atom. The Balaban J connectivity index is 2.85. The summed E-state index contributed by atoms with van der Waals surface area (Å²) >= 11 is 0. The molecule has 0 radical (unpaired) electrons. The van der Waals surface area contributed by atoms with Gasteiger partial charge in [0.15, 0.2) is 5.82 Å². The van der Waals surface area contributed by atoms with Crippen molar-refractivity contribution >= 4 is 5.82 Å². The van der Waals surface area contributed by atoms with Crippen LogP contribution in [0.2, 0.25) is 0 Å². The van der Waals surface area contributed by atoms with Gasteiger partial charge in [-0.25, -0.2) is 0 Å². The van der Waals surface area contributed by atoms with Crippen LogP contribution in [0.5, 0.6) is 0 Å². The van der Waals surface area contributed by atoms with Crippen molar-refractivity contribution in [3.63, 3.8) is 0 Å². The molecule has 0 unspecified atom stereocenters. The molecular weight excluding hydrogens is 178 g/mol. The molecule has 5 nitrogen and oxygen atoms in total. The van der Waals surface area contributed by atoms with Crippen molar-refractivity contribution in [3.05, 3.63) is 17.8 Å². The highest BCUT2D eigenvalue weighted by atomic mass is 15.2. The normalized spacial score (nSPS) is 8.79. The Kier molecular flexibility index (Phi) is 3.40. The van der Waals surface area contributed by atoms with Gasteiger partial charge in [0.1, 0.15) is 6.07 Å². The molecule has 0 amide bonds. The van der Waals surface area contributed by atoms with Crippen LogP contribution in [0.25, 0.3) is 0 Å². The third kappa shape index (κ3) is 2.18. The molecule has 1 heterocycles. The number of rotatable bonds is 3. The van der Waals surface area contributed by atoms with E-state index in [1.807, 2.05) is 12.1 Å². The topological polar surface area (TPSA) is 76.6 Å². The zero-order valence-corrected chi connectivity index (χ0v) is 7.80. The molecule has 0 aliphatic rings. The van der Waals surface area contributed by atoms with Gasteiger partial charge in [-0.3, -0.25) is 0 Å². The summed E-state index contributed by atoms with van der Waals surface area (Å²) in [5.41, 5.74) is 0.473. The summed E-state index contributed by atoms with van der Waals surface area (Å²) < 4.78 is 0. The SMILES string of the molecule is CN(CCC#N)c1nnccc1C#N. The summed E-state index contributed by atoms with van der Waals surface area (Å²) in [6.07, 6.45) is 1.87. The van der Waals surface area contributed by atoms with E-state index in [0.717, 1.165) is 0 Å². The zero-order chi connectivity index (χ0) is 10.4. The molecule has 0 saturated heterocycles. The third-order valence-corrected chi connectivity index (χ3v) is 1.74. The lowest BCUT2D eigenvalue weighted by atomic mass is 10.3. The van der Waals surface area contributed by atoms with Crippen molar-refractivity contribution in [1.82, 2.24) is 10.2 Å². The van der Waals surface area contributed by atoms with Gasteiger partial charge in [0.2, 0.25) is 0 Å².